The predicted octanol–water partition coefficient (Wildman–Crippen LogP) is 3.32. The highest BCUT2D eigenvalue weighted by molar-refractivity contribution is 7.16. The minimum Gasteiger partial charge on any atom is -0.496 e. The lowest BCUT2D eigenvalue weighted by Gasteiger charge is -2.13. The lowest BCUT2D eigenvalue weighted by molar-refractivity contribution is 0.409. The van der Waals surface area contributed by atoms with Gasteiger partial charge in [-0.3, -0.25) is 4.99 Å². The summed E-state index contributed by atoms with van der Waals surface area (Å²) in [5.41, 5.74) is 1.10. The first-order chi connectivity index (χ1) is 10.7. The van der Waals surface area contributed by atoms with Crippen LogP contribution in [0.5, 0.6) is 5.75 Å². The second-order valence-corrected chi connectivity index (χ2v) is 6.42. The molecule has 0 aliphatic heterocycles. The maximum absolute atomic E-state index is 5.93. The van der Waals surface area contributed by atoms with E-state index in [9.17, 15) is 0 Å². The van der Waals surface area contributed by atoms with Crippen LogP contribution in [-0.2, 0) is 13.0 Å². The fourth-order valence-corrected chi connectivity index (χ4v) is 3.13. The van der Waals surface area contributed by atoms with Crippen molar-refractivity contribution in [1.82, 2.24) is 10.6 Å². The van der Waals surface area contributed by atoms with E-state index in [1.807, 2.05) is 30.3 Å². The molecule has 1 aromatic carbocycles. The number of hydrogen-bond donors (Lipinski definition) is 2. The summed E-state index contributed by atoms with van der Waals surface area (Å²) >= 11 is 7.54. The van der Waals surface area contributed by atoms with Crippen LogP contribution >= 0.6 is 22.9 Å². The molecule has 2 rings (SSSR count). The summed E-state index contributed by atoms with van der Waals surface area (Å²) in [6, 6.07) is 11.9. The van der Waals surface area contributed by atoms with Crippen molar-refractivity contribution in [2.24, 2.45) is 4.99 Å². The van der Waals surface area contributed by atoms with Crippen LogP contribution in [0.4, 0.5) is 0 Å². The molecule has 0 unspecified atom stereocenters. The Morgan fingerprint density at radius 3 is 2.73 bits per heavy atom. The number of nitrogens with one attached hydrogen (secondary N) is 2. The van der Waals surface area contributed by atoms with Crippen LogP contribution in [0.15, 0.2) is 41.4 Å². The van der Waals surface area contributed by atoms with Crippen LogP contribution in [0.2, 0.25) is 4.34 Å². The van der Waals surface area contributed by atoms with Crippen molar-refractivity contribution in [3.63, 3.8) is 0 Å². The summed E-state index contributed by atoms with van der Waals surface area (Å²) in [4.78, 5) is 5.49. The average Bonchev–Trinajstić information content (AvgIpc) is 2.96. The number of nitrogens with zero attached hydrogens (tertiary/aromatic N) is 1. The van der Waals surface area contributed by atoms with E-state index >= 15 is 0 Å². The first kappa shape index (κ1) is 16.6. The average molecular weight is 338 g/mol. The first-order valence-electron chi connectivity index (χ1n) is 7.03. The third kappa shape index (κ3) is 4.93. The molecule has 0 amide bonds. The third-order valence-corrected chi connectivity index (χ3v) is 4.45. The van der Waals surface area contributed by atoms with Crippen LogP contribution < -0.4 is 15.4 Å². The Kier molecular flexibility index (Phi) is 6.55. The summed E-state index contributed by atoms with van der Waals surface area (Å²) in [5, 5.41) is 6.58. The Balaban J connectivity index is 1.80. The quantitative estimate of drug-likeness (QED) is 0.628. The number of ether oxygens (including phenoxy) is 1. The van der Waals surface area contributed by atoms with E-state index in [-0.39, 0.29) is 0 Å². The van der Waals surface area contributed by atoms with E-state index in [2.05, 4.69) is 21.7 Å². The van der Waals surface area contributed by atoms with Gasteiger partial charge in [-0.15, -0.1) is 11.3 Å². The van der Waals surface area contributed by atoms with Crippen LogP contribution in [-0.4, -0.2) is 26.7 Å². The molecule has 0 saturated carbocycles. The Morgan fingerprint density at radius 1 is 1.23 bits per heavy atom. The van der Waals surface area contributed by atoms with Crippen molar-refractivity contribution >= 4 is 28.9 Å². The molecule has 22 heavy (non-hydrogen) atoms. The van der Waals surface area contributed by atoms with E-state index in [1.54, 1.807) is 25.5 Å². The van der Waals surface area contributed by atoms with Crippen molar-refractivity contribution in [1.29, 1.82) is 0 Å². The zero-order chi connectivity index (χ0) is 15.8. The standard InChI is InChI=1S/C16H20ClN3OS/c1-18-16(19-10-9-13-7-8-15(17)22-13)20-11-12-5-3-4-6-14(12)21-2/h3-8H,9-11H2,1-2H3,(H2,18,19,20). The highest BCUT2D eigenvalue weighted by Gasteiger charge is 2.04. The van der Waals surface area contributed by atoms with Gasteiger partial charge >= 0.3 is 0 Å². The van der Waals surface area contributed by atoms with Gasteiger partial charge < -0.3 is 15.4 Å². The Morgan fingerprint density at radius 2 is 2.05 bits per heavy atom. The number of guanidine groups is 1. The minimum absolute atomic E-state index is 0.661. The van der Waals surface area contributed by atoms with Gasteiger partial charge in [-0.2, -0.15) is 0 Å². The second-order valence-electron chi connectivity index (χ2n) is 4.62. The number of hydrogen-bond acceptors (Lipinski definition) is 3. The monoisotopic (exact) mass is 337 g/mol. The highest BCUT2D eigenvalue weighted by atomic mass is 35.5. The lowest BCUT2D eigenvalue weighted by atomic mass is 10.2. The molecule has 118 valence electrons. The molecule has 1 aromatic heterocycles. The molecular formula is C16H20ClN3OS. The fraction of sp³-hybridized carbons (Fsp3) is 0.312. The SMILES string of the molecule is CN=C(NCCc1ccc(Cl)s1)NCc1ccccc1OC. The van der Waals surface area contributed by atoms with Crippen molar-refractivity contribution < 1.29 is 4.74 Å². The number of para-hydroxylation sites is 1. The van der Waals surface area contributed by atoms with Crippen LogP contribution in [0, 0.1) is 0 Å². The van der Waals surface area contributed by atoms with E-state index in [1.165, 1.54) is 4.88 Å². The molecule has 2 N–H and O–H groups in total. The van der Waals surface area contributed by atoms with Crippen LogP contribution in [0.1, 0.15) is 10.4 Å². The van der Waals surface area contributed by atoms with Crippen LogP contribution in [0.25, 0.3) is 0 Å². The molecule has 2 aromatic rings. The van der Waals surface area contributed by atoms with Gasteiger partial charge in [0.05, 0.1) is 11.4 Å². The minimum atomic E-state index is 0.661. The van der Waals surface area contributed by atoms with Gasteiger partial charge in [-0.25, -0.2) is 0 Å². The van der Waals surface area contributed by atoms with Gasteiger partial charge in [-0.1, -0.05) is 29.8 Å². The maximum Gasteiger partial charge on any atom is 0.191 e. The molecule has 0 radical (unpaired) electrons. The highest BCUT2D eigenvalue weighted by Crippen LogP contribution is 2.21. The number of rotatable bonds is 6. The Hall–Kier alpha value is -1.72. The lowest BCUT2D eigenvalue weighted by Crippen LogP contribution is -2.37. The van der Waals surface area contributed by atoms with Crippen molar-refractivity contribution in [2.45, 2.75) is 13.0 Å². The first-order valence-corrected chi connectivity index (χ1v) is 8.23. The summed E-state index contributed by atoms with van der Waals surface area (Å²) in [6.07, 6.45) is 0.923. The summed E-state index contributed by atoms with van der Waals surface area (Å²) < 4.78 is 6.17. The Labute approximate surface area is 140 Å². The molecule has 0 fully saturated rings. The number of halogens is 1. The van der Waals surface area contributed by atoms with Crippen LogP contribution in [0.3, 0.4) is 0 Å². The molecule has 0 atom stereocenters. The number of benzene rings is 1. The number of methoxy groups -OCH3 is 1. The van der Waals surface area contributed by atoms with Gasteiger partial charge in [0.1, 0.15) is 5.75 Å². The number of thiophene rings is 1. The number of aliphatic imine (C=N–C) groups is 1. The van der Waals surface area contributed by atoms with Crippen molar-refractivity contribution in [3.8, 4) is 5.75 Å². The van der Waals surface area contributed by atoms with Crippen molar-refractivity contribution in [3.05, 3.63) is 51.2 Å². The maximum atomic E-state index is 5.93. The zero-order valence-corrected chi connectivity index (χ0v) is 14.3. The third-order valence-electron chi connectivity index (χ3n) is 3.16. The molecule has 0 aliphatic rings. The van der Waals surface area contributed by atoms with Crippen molar-refractivity contribution in [2.75, 3.05) is 20.7 Å². The van der Waals surface area contributed by atoms with Gasteiger partial charge in [0, 0.05) is 30.6 Å². The fourth-order valence-electron chi connectivity index (χ4n) is 2.04. The molecule has 1 heterocycles. The zero-order valence-electron chi connectivity index (χ0n) is 12.7. The summed E-state index contributed by atoms with van der Waals surface area (Å²) in [5.74, 6) is 1.65. The molecule has 0 spiro atoms. The van der Waals surface area contributed by atoms with Gasteiger partial charge in [0.25, 0.3) is 0 Å². The molecule has 0 bridgehead atoms. The Bertz CT molecular complexity index is 627. The molecule has 0 aliphatic carbocycles. The smallest absolute Gasteiger partial charge is 0.191 e. The largest absolute Gasteiger partial charge is 0.496 e. The van der Waals surface area contributed by atoms with Gasteiger partial charge in [0.2, 0.25) is 0 Å². The van der Waals surface area contributed by atoms with E-state index in [4.69, 9.17) is 16.3 Å². The molecule has 0 saturated heterocycles. The summed E-state index contributed by atoms with van der Waals surface area (Å²) in [6.45, 7) is 1.47. The van der Waals surface area contributed by atoms with E-state index in [0.717, 1.165) is 34.6 Å². The van der Waals surface area contributed by atoms with E-state index < -0.39 is 0 Å². The second kappa shape index (κ2) is 8.66. The summed E-state index contributed by atoms with van der Waals surface area (Å²) in [7, 11) is 3.44. The van der Waals surface area contributed by atoms with Gasteiger partial charge in [-0.05, 0) is 24.6 Å². The van der Waals surface area contributed by atoms with E-state index in [0.29, 0.717) is 6.54 Å². The topological polar surface area (TPSA) is 45.7 Å². The molecule has 4 nitrogen and oxygen atoms in total. The van der Waals surface area contributed by atoms with Gasteiger partial charge in [0.15, 0.2) is 5.96 Å². The predicted molar refractivity (Wildman–Crippen MR) is 94.2 cm³/mol. The molecular weight excluding hydrogens is 318 g/mol. The molecule has 6 heteroatoms. The normalized spacial score (nSPS) is 11.3.